The van der Waals surface area contributed by atoms with E-state index in [0.717, 1.165) is 180 Å². The lowest BCUT2D eigenvalue weighted by atomic mass is 10.1. The third kappa shape index (κ3) is 70.4. The highest BCUT2D eigenvalue weighted by atomic mass is 16.6. The summed E-state index contributed by atoms with van der Waals surface area (Å²) in [4.78, 5) is 24.6. The van der Waals surface area contributed by atoms with E-state index in [0.29, 0.717) is 12.8 Å². The number of hydrogen-bond donors (Lipinski definition) is 1. The predicted molar refractivity (Wildman–Crippen MR) is 379 cm³/mol. The molecular formula is C81H122O5. The quantitative estimate of drug-likeness (QED) is 0.0373. The molecule has 0 spiro atoms. The van der Waals surface area contributed by atoms with Crippen molar-refractivity contribution >= 4 is 11.9 Å². The molecule has 0 bridgehead atoms. The van der Waals surface area contributed by atoms with Gasteiger partial charge in [-0.1, -0.05) is 303 Å². The number of rotatable bonds is 59. The van der Waals surface area contributed by atoms with E-state index in [2.05, 4.69) is 245 Å². The van der Waals surface area contributed by atoms with Crippen LogP contribution in [0, 0.1) is 0 Å². The van der Waals surface area contributed by atoms with Crippen molar-refractivity contribution in [3.8, 4) is 0 Å². The maximum Gasteiger partial charge on any atom is 0.306 e. The molecular weight excluding hydrogens is 1050 g/mol. The van der Waals surface area contributed by atoms with Gasteiger partial charge in [0.05, 0.1) is 6.61 Å². The van der Waals surface area contributed by atoms with Crippen LogP contribution in [-0.4, -0.2) is 36.4 Å². The molecule has 0 aliphatic heterocycles. The fourth-order valence-corrected chi connectivity index (χ4v) is 8.46. The molecule has 0 saturated carbocycles. The molecule has 5 nitrogen and oxygen atoms in total. The molecule has 5 heteroatoms. The number of carbonyl (C=O) groups excluding carboxylic acids is 2. The molecule has 1 N–H and O–H groups in total. The van der Waals surface area contributed by atoms with Gasteiger partial charge < -0.3 is 14.6 Å². The number of allylic oxidation sites excluding steroid dienone is 38. The molecule has 0 saturated heterocycles. The van der Waals surface area contributed by atoms with Gasteiger partial charge in [-0.15, -0.1) is 0 Å². The Morgan fingerprint density at radius 1 is 0.267 bits per heavy atom. The second kappa shape index (κ2) is 73.2. The maximum absolute atomic E-state index is 12.4. The van der Waals surface area contributed by atoms with Crippen molar-refractivity contribution in [1.82, 2.24) is 0 Å². The first-order chi connectivity index (χ1) is 42.6. The van der Waals surface area contributed by atoms with Crippen molar-refractivity contribution in [2.24, 2.45) is 0 Å². The molecule has 1 atom stereocenters. The van der Waals surface area contributed by atoms with Gasteiger partial charge in [-0.3, -0.25) is 9.59 Å². The summed E-state index contributed by atoms with van der Waals surface area (Å²) in [6, 6.07) is 0. The molecule has 86 heavy (non-hydrogen) atoms. The fourth-order valence-electron chi connectivity index (χ4n) is 8.46. The lowest BCUT2D eigenvalue weighted by molar-refractivity contribution is -0.161. The Morgan fingerprint density at radius 2 is 0.465 bits per heavy atom. The summed E-state index contributed by atoms with van der Waals surface area (Å²) >= 11 is 0. The number of aliphatic hydroxyl groups is 1. The van der Waals surface area contributed by atoms with Crippen molar-refractivity contribution in [2.45, 2.75) is 251 Å². The van der Waals surface area contributed by atoms with Crippen molar-refractivity contribution < 1.29 is 24.2 Å². The Kier molecular flexibility index (Phi) is 68.1. The predicted octanol–water partition coefficient (Wildman–Crippen LogP) is 24.1. The monoisotopic (exact) mass is 1170 g/mol. The normalized spacial score (nSPS) is 13.8. The standard InChI is InChI=1S/C81H122O5/c1-3-5-7-9-11-13-15-17-19-21-23-25-27-29-31-33-35-37-39-40-42-44-46-48-50-52-54-56-58-60-62-64-66-68-70-72-74-76-81(84)86-79(77-82)78-85-80(83)75-73-71-69-67-65-63-61-59-57-55-53-51-49-47-45-43-41-38-36-34-32-30-28-26-24-22-20-18-16-14-12-10-8-6-4-2/h5-8,11-14,17-20,23-26,29-32,35-38,40,42-43,45-46,48-49,51-52,54-55,57-58,60,79,82H,3-4,9-10,15-16,21-22,27-28,33-34,39,41,44,47,50,53,56,59,61-78H2,1-2H3/b7-5-,8-6-,13-11-,14-12-,19-17-,20-18-,25-23-,26-24-,31-29-,32-30-,37-35-,38-36-,42-40-,45-43-,48-46-,51-49-,54-52-,57-55-,60-58-. The molecule has 0 aliphatic rings. The summed E-state index contributed by atoms with van der Waals surface area (Å²) in [5.41, 5.74) is 0. The fraction of sp³-hybridized carbons (Fsp3) is 0.506. The van der Waals surface area contributed by atoms with E-state index in [1.165, 1.54) is 38.5 Å². The summed E-state index contributed by atoms with van der Waals surface area (Å²) in [5.74, 6) is -0.638. The number of carbonyl (C=O) groups is 2. The average Bonchev–Trinajstić information content (AvgIpc) is 3.53. The first kappa shape index (κ1) is 80.0. The van der Waals surface area contributed by atoms with Crippen LogP contribution in [0.2, 0.25) is 0 Å². The van der Waals surface area contributed by atoms with Gasteiger partial charge >= 0.3 is 11.9 Å². The van der Waals surface area contributed by atoms with E-state index >= 15 is 0 Å². The third-order valence-corrected chi connectivity index (χ3v) is 13.5. The summed E-state index contributed by atoms with van der Waals surface area (Å²) in [7, 11) is 0. The van der Waals surface area contributed by atoms with Crippen LogP contribution in [0.4, 0.5) is 0 Å². The van der Waals surface area contributed by atoms with Crippen molar-refractivity contribution in [1.29, 1.82) is 0 Å². The Hall–Kier alpha value is -6.04. The lowest BCUT2D eigenvalue weighted by Gasteiger charge is -2.15. The Balaban J connectivity index is 3.67. The van der Waals surface area contributed by atoms with Gasteiger partial charge in [-0.2, -0.15) is 0 Å². The molecule has 0 heterocycles. The number of unbranched alkanes of at least 4 members (excludes halogenated alkanes) is 13. The van der Waals surface area contributed by atoms with Gasteiger partial charge in [-0.05, 0) is 161 Å². The van der Waals surface area contributed by atoms with E-state index in [1.807, 2.05) is 0 Å². The summed E-state index contributed by atoms with van der Waals surface area (Å²) in [5, 5.41) is 9.70. The topological polar surface area (TPSA) is 72.8 Å². The van der Waals surface area contributed by atoms with Gasteiger partial charge in [-0.25, -0.2) is 0 Å². The SMILES string of the molecule is CC/C=C\C/C=C\C/C=C\C/C=C\C/C=C\C/C=C\C/C=C\C/C=C\C/C=C\C/C=C\CCCCCCCCC(=O)OC(CO)COC(=O)CCCCCCCCC/C=C\C/C=C\C/C=C\C/C=C\C/C=C\C/C=C\C/C=C\C/C=C\C/C=C\CC. The van der Waals surface area contributed by atoms with Crippen LogP contribution in [-0.2, 0) is 19.1 Å². The van der Waals surface area contributed by atoms with Crippen molar-refractivity contribution in [2.75, 3.05) is 13.2 Å². The van der Waals surface area contributed by atoms with Crippen LogP contribution < -0.4 is 0 Å². The molecule has 0 amide bonds. The molecule has 0 fully saturated rings. The molecule has 0 aromatic heterocycles. The smallest absolute Gasteiger partial charge is 0.306 e. The summed E-state index contributed by atoms with van der Waals surface area (Å²) in [6.45, 7) is 3.88. The zero-order valence-electron chi connectivity index (χ0n) is 54.5. The Bertz CT molecular complexity index is 2110. The van der Waals surface area contributed by atoms with Crippen LogP contribution in [0.15, 0.2) is 231 Å². The van der Waals surface area contributed by atoms with E-state index in [4.69, 9.17) is 9.47 Å². The highest BCUT2D eigenvalue weighted by Gasteiger charge is 2.16. The second-order valence-corrected chi connectivity index (χ2v) is 21.4. The number of aliphatic hydroxyl groups excluding tert-OH is 1. The van der Waals surface area contributed by atoms with E-state index in [9.17, 15) is 14.7 Å². The number of esters is 2. The van der Waals surface area contributed by atoms with Crippen LogP contribution in [0.25, 0.3) is 0 Å². The van der Waals surface area contributed by atoms with E-state index in [1.54, 1.807) is 0 Å². The van der Waals surface area contributed by atoms with Gasteiger partial charge in [0.25, 0.3) is 0 Å². The molecule has 0 aromatic carbocycles. The number of hydrogen-bond acceptors (Lipinski definition) is 5. The van der Waals surface area contributed by atoms with Crippen LogP contribution in [0.3, 0.4) is 0 Å². The molecule has 476 valence electrons. The average molecular weight is 1180 g/mol. The van der Waals surface area contributed by atoms with Gasteiger partial charge in [0.15, 0.2) is 6.10 Å². The second-order valence-electron chi connectivity index (χ2n) is 21.4. The van der Waals surface area contributed by atoms with Gasteiger partial charge in [0.2, 0.25) is 0 Å². The molecule has 0 rings (SSSR count). The number of ether oxygens (including phenoxy) is 2. The first-order valence-electron chi connectivity index (χ1n) is 33.9. The van der Waals surface area contributed by atoms with Gasteiger partial charge in [0, 0.05) is 12.8 Å². The lowest BCUT2D eigenvalue weighted by Crippen LogP contribution is -2.28. The maximum atomic E-state index is 12.4. The van der Waals surface area contributed by atoms with Crippen molar-refractivity contribution in [3.63, 3.8) is 0 Å². The Morgan fingerprint density at radius 3 is 0.698 bits per heavy atom. The summed E-state index contributed by atoms with van der Waals surface area (Å²) < 4.78 is 10.7. The zero-order chi connectivity index (χ0) is 61.9. The zero-order valence-corrected chi connectivity index (χ0v) is 54.5. The highest BCUT2D eigenvalue weighted by molar-refractivity contribution is 5.70. The van der Waals surface area contributed by atoms with Crippen LogP contribution in [0.1, 0.15) is 245 Å². The molecule has 0 aromatic rings. The largest absolute Gasteiger partial charge is 0.462 e. The van der Waals surface area contributed by atoms with Gasteiger partial charge in [0.1, 0.15) is 6.61 Å². The minimum atomic E-state index is -0.806. The van der Waals surface area contributed by atoms with Crippen molar-refractivity contribution in [3.05, 3.63) is 231 Å². The first-order valence-corrected chi connectivity index (χ1v) is 33.9. The highest BCUT2D eigenvalue weighted by Crippen LogP contribution is 2.13. The van der Waals surface area contributed by atoms with Crippen LogP contribution in [0.5, 0.6) is 0 Å². The minimum absolute atomic E-state index is 0.0940. The van der Waals surface area contributed by atoms with Crippen LogP contribution >= 0.6 is 0 Å². The minimum Gasteiger partial charge on any atom is -0.462 e. The van der Waals surface area contributed by atoms with E-state index in [-0.39, 0.29) is 25.2 Å². The molecule has 0 aliphatic carbocycles. The molecule has 0 radical (unpaired) electrons. The molecule has 1 unspecified atom stereocenters. The van der Waals surface area contributed by atoms with E-state index < -0.39 is 6.10 Å². The third-order valence-electron chi connectivity index (χ3n) is 13.5. The summed E-state index contributed by atoms with van der Waals surface area (Å²) in [6.07, 6.45) is 120. The Labute approximate surface area is 528 Å².